The molecule has 6 nitrogen and oxygen atoms in total. The molecule has 0 amide bonds. The molecule has 0 radical (unpaired) electrons. The van der Waals surface area contributed by atoms with E-state index in [0.29, 0.717) is 0 Å². The summed E-state index contributed by atoms with van der Waals surface area (Å²) in [6.45, 7) is 8.96. The number of aromatic nitrogens is 2. The van der Waals surface area contributed by atoms with E-state index in [-0.39, 0.29) is 0 Å². The van der Waals surface area contributed by atoms with Crippen LogP contribution in [0.4, 0.5) is 11.8 Å². The van der Waals surface area contributed by atoms with Gasteiger partial charge in [-0.2, -0.15) is 4.98 Å². The van der Waals surface area contributed by atoms with Crippen LogP contribution in [-0.2, 0) is 12.8 Å². The molecule has 0 atom stereocenters. The third kappa shape index (κ3) is 3.90. The number of nitrogens with zero attached hydrogens (tertiary/aromatic N) is 4. The molecule has 1 aromatic carbocycles. The van der Waals surface area contributed by atoms with Crippen molar-refractivity contribution in [2.45, 2.75) is 19.8 Å². The van der Waals surface area contributed by atoms with Crippen LogP contribution < -0.4 is 15.0 Å². The topological polar surface area (TPSA) is 53.5 Å². The number of hydrogen-bond acceptors (Lipinski definition) is 6. The Morgan fingerprint density at radius 1 is 1.15 bits per heavy atom. The molecule has 2 aliphatic rings. The van der Waals surface area contributed by atoms with E-state index in [4.69, 9.17) is 4.74 Å². The predicted molar refractivity (Wildman–Crippen MR) is 104 cm³/mol. The minimum absolute atomic E-state index is 0.831. The van der Waals surface area contributed by atoms with E-state index in [2.05, 4.69) is 50.2 Å². The third-order valence-corrected chi connectivity index (χ3v) is 5.13. The van der Waals surface area contributed by atoms with Crippen LogP contribution in [0.25, 0.3) is 0 Å². The molecule has 2 aromatic rings. The van der Waals surface area contributed by atoms with E-state index in [9.17, 15) is 0 Å². The van der Waals surface area contributed by atoms with Crippen molar-refractivity contribution in [3.05, 3.63) is 41.6 Å². The van der Waals surface area contributed by atoms with E-state index in [0.717, 1.165) is 76.2 Å². The van der Waals surface area contributed by atoms with Crippen molar-refractivity contribution in [2.24, 2.45) is 0 Å². The second-order valence-corrected chi connectivity index (χ2v) is 6.89. The maximum atomic E-state index is 5.59. The molecular weight excluding hydrogens is 326 g/mol. The lowest BCUT2D eigenvalue weighted by molar-refractivity contribution is 0.260. The average Bonchev–Trinajstić information content (AvgIpc) is 3.15. The molecule has 0 aliphatic carbocycles. The summed E-state index contributed by atoms with van der Waals surface area (Å²) in [6.07, 6.45) is 3.98. The molecule has 138 valence electrons. The first kappa shape index (κ1) is 17.1. The van der Waals surface area contributed by atoms with Crippen molar-refractivity contribution in [2.75, 3.05) is 56.1 Å². The van der Waals surface area contributed by atoms with Gasteiger partial charge in [0.2, 0.25) is 5.95 Å². The fourth-order valence-electron chi connectivity index (χ4n) is 3.63. The fourth-order valence-corrected chi connectivity index (χ4v) is 3.63. The first-order chi connectivity index (χ1) is 12.8. The van der Waals surface area contributed by atoms with Gasteiger partial charge >= 0.3 is 0 Å². The normalized spacial score (nSPS) is 17.0. The number of fused-ring (bicyclic) bond motifs is 1. The Morgan fingerprint density at radius 3 is 2.88 bits per heavy atom. The van der Waals surface area contributed by atoms with Crippen LogP contribution in [0.1, 0.15) is 18.1 Å². The summed E-state index contributed by atoms with van der Waals surface area (Å²) in [5.41, 5.74) is 2.78. The van der Waals surface area contributed by atoms with Gasteiger partial charge in [0.05, 0.1) is 6.61 Å². The summed E-state index contributed by atoms with van der Waals surface area (Å²) >= 11 is 0. The summed E-state index contributed by atoms with van der Waals surface area (Å²) < 4.78 is 5.59. The summed E-state index contributed by atoms with van der Waals surface area (Å²) in [4.78, 5) is 13.9. The number of anilines is 2. The Kier molecular flexibility index (Phi) is 5.20. The van der Waals surface area contributed by atoms with E-state index in [1.807, 2.05) is 12.3 Å². The lowest BCUT2D eigenvalue weighted by Gasteiger charge is -2.34. The highest BCUT2D eigenvalue weighted by Gasteiger charge is 2.19. The largest absolute Gasteiger partial charge is 0.493 e. The molecule has 2 aliphatic heterocycles. The Hall–Kier alpha value is -2.34. The molecule has 0 unspecified atom stereocenters. The highest BCUT2D eigenvalue weighted by atomic mass is 16.5. The zero-order chi connectivity index (χ0) is 17.8. The number of hydrogen-bond donors (Lipinski definition) is 1. The van der Waals surface area contributed by atoms with Gasteiger partial charge in [0.15, 0.2) is 0 Å². The van der Waals surface area contributed by atoms with E-state index >= 15 is 0 Å². The van der Waals surface area contributed by atoms with Gasteiger partial charge in [-0.3, -0.25) is 4.90 Å². The number of benzene rings is 1. The Bertz CT molecular complexity index is 743. The molecule has 1 saturated heterocycles. The van der Waals surface area contributed by atoms with E-state index in [1.54, 1.807) is 0 Å². The maximum Gasteiger partial charge on any atom is 0.227 e. The van der Waals surface area contributed by atoms with Crippen LogP contribution >= 0.6 is 0 Å². The predicted octanol–water partition coefficient (Wildman–Crippen LogP) is 2.21. The van der Waals surface area contributed by atoms with E-state index in [1.165, 1.54) is 11.1 Å². The van der Waals surface area contributed by atoms with Gasteiger partial charge in [-0.25, -0.2) is 4.98 Å². The number of ether oxygens (including phenoxy) is 1. The van der Waals surface area contributed by atoms with Gasteiger partial charge in [-0.1, -0.05) is 12.1 Å². The molecular formula is C20H27N5O. The Morgan fingerprint density at radius 2 is 2.04 bits per heavy atom. The van der Waals surface area contributed by atoms with Crippen LogP contribution in [-0.4, -0.2) is 60.7 Å². The molecule has 0 saturated carbocycles. The molecule has 1 aromatic heterocycles. The van der Waals surface area contributed by atoms with Crippen LogP contribution in [0, 0.1) is 0 Å². The van der Waals surface area contributed by atoms with Crippen LogP contribution in [0.2, 0.25) is 0 Å². The highest BCUT2D eigenvalue weighted by Crippen LogP contribution is 2.26. The van der Waals surface area contributed by atoms with Crippen molar-refractivity contribution in [1.29, 1.82) is 0 Å². The molecule has 0 spiro atoms. The molecule has 6 heteroatoms. The maximum absolute atomic E-state index is 5.59. The minimum atomic E-state index is 0.831. The smallest absolute Gasteiger partial charge is 0.227 e. The van der Waals surface area contributed by atoms with Crippen molar-refractivity contribution in [3.8, 4) is 5.75 Å². The highest BCUT2D eigenvalue weighted by molar-refractivity contribution is 5.42. The van der Waals surface area contributed by atoms with Crippen LogP contribution in [0.5, 0.6) is 5.75 Å². The lowest BCUT2D eigenvalue weighted by Crippen LogP contribution is -2.47. The minimum Gasteiger partial charge on any atom is -0.493 e. The van der Waals surface area contributed by atoms with Crippen molar-refractivity contribution < 1.29 is 4.74 Å². The van der Waals surface area contributed by atoms with Gasteiger partial charge in [0.25, 0.3) is 0 Å². The first-order valence-corrected chi connectivity index (χ1v) is 9.60. The second-order valence-electron chi connectivity index (χ2n) is 6.89. The van der Waals surface area contributed by atoms with Gasteiger partial charge in [0, 0.05) is 51.9 Å². The zero-order valence-electron chi connectivity index (χ0n) is 15.4. The lowest BCUT2D eigenvalue weighted by atomic mass is 10.1. The van der Waals surface area contributed by atoms with E-state index < -0.39 is 0 Å². The summed E-state index contributed by atoms with van der Waals surface area (Å²) in [6, 6.07) is 8.58. The summed E-state index contributed by atoms with van der Waals surface area (Å²) in [5, 5.41) is 3.25. The molecule has 1 N–H and O–H groups in total. The van der Waals surface area contributed by atoms with Gasteiger partial charge < -0.3 is 15.0 Å². The zero-order valence-corrected chi connectivity index (χ0v) is 15.4. The molecule has 26 heavy (non-hydrogen) atoms. The Balaban J connectivity index is 1.28. The number of piperazine rings is 1. The average molecular weight is 353 g/mol. The first-order valence-electron chi connectivity index (χ1n) is 9.60. The number of rotatable bonds is 6. The molecule has 3 heterocycles. The number of nitrogens with one attached hydrogen (secondary N) is 1. The molecule has 4 rings (SSSR count). The third-order valence-electron chi connectivity index (χ3n) is 5.13. The van der Waals surface area contributed by atoms with Crippen molar-refractivity contribution in [1.82, 2.24) is 14.9 Å². The molecule has 0 bridgehead atoms. The van der Waals surface area contributed by atoms with Gasteiger partial charge in [0.1, 0.15) is 11.6 Å². The van der Waals surface area contributed by atoms with Crippen molar-refractivity contribution >= 4 is 11.8 Å². The van der Waals surface area contributed by atoms with Gasteiger partial charge in [-0.15, -0.1) is 0 Å². The quantitative estimate of drug-likeness (QED) is 0.859. The Labute approximate surface area is 155 Å². The standard InChI is InChI=1S/C20H27N5O/c1-2-21-19-5-8-22-20(23-19)25-12-10-24(11-13-25)9-6-16-3-4-18-17(15-16)7-14-26-18/h3-5,8,15H,2,6-7,9-14H2,1H3,(H,21,22,23). The second kappa shape index (κ2) is 7.91. The summed E-state index contributed by atoms with van der Waals surface area (Å²) in [7, 11) is 0. The fraction of sp³-hybridized carbons (Fsp3) is 0.500. The van der Waals surface area contributed by atoms with Crippen LogP contribution in [0.15, 0.2) is 30.5 Å². The van der Waals surface area contributed by atoms with Crippen LogP contribution in [0.3, 0.4) is 0 Å². The van der Waals surface area contributed by atoms with Gasteiger partial charge in [-0.05, 0) is 36.6 Å². The monoisotopic (exact) mass is 353 g/mol. The molecule has 1 fully saturated rings. The van der Waals surface area contributed by atoms with Crippen molar-refractivity contribution in [3.63, 3.8) is 0 Å². The SMILES string of the molecule is CCNc1ccnc(N2CCN(CCc3ccc4c(c3)CCO4)CC2)n1. The summed E-state index contributed by atoms with van der Waals surface area (Å²) in [5.74, 6) is 2.81.